The predicted octanol–water partition coefficient (Wildman–Crippen LogP) is 3.40. The van der Waals surface area contributed by atoms with Gasteiger partial charge in [-0.1, -0.05) is 30.3 Å². The minimum atomic E-state index is -0.394. The molecule has 2 aromatic rings. The van der Waals surface area contributed by atoms with E-state index in [9.17, 15) is 14.0 Å². The maximum atomic E-state index is 13.5. The molecule has 1 heterocycles. The summed E-state index contributed by atoms with van der Waals surface area (Å²) in [6.45, 7) is 0.621. The summed E-state index contributed by atoms with van der Waals surface area (Å²) >= 11 is 0. The molecule has 2 amide bonds. The molecule has 2 aromatic carbocycles. The maximum absolute atomic E-state index is 13.5. The third-order valence-corrected chi connectivity index (χ3v) is 5.97. The minimum Gasteiger partial charge on any atom is -0.496 e. The van der Waals surface area contributed by atoms with Crippen LogP contribution in [0.25, 0.3) is 0 Å². The van der Waals surface area contributed by atoms with Crippen molar-refractivity contribution in [2.45, 2.75) is 25.3 Å². The van der Waals surface area contributed by atoms with Gasteiger partial charge in [0.15, 0.2) is 0 Å². The molecule has 1 fully saturated rings. The predicted molar refractivity (Wildman–Crippen MR) is 121 cm³/mol. The first-order chi connectivity index (χ1) is 16.0. The van der Waals surface area contributed by atoms with Crippen molar-refractivity contribution >= 4 is 17.5 Å². The van der Waals surface area contributed by atoms with Crippen molar-refractivity contribution in [2.24, 2.45) is 11.0 Å². The molecule has 0 N–H and O–H groups in total. The molecule has 7 nitrogen and oxygen atoms in total. The average Bonchev–Trinajstić information content (AvgIpc) is 3.59. The number of benzene rings is 2. The molecule has 1 aliphatic heterocycles. The molecule has 1 aliphatic carbocycles. The lowest BCUT2D eigenvalue weighted by molar-refractivity contribution is -0.142. The molecule has 4 rings (SSSR count). The van der Waals surface area contributed by atoms with Crippen LogP contribution in [0.3, 0.4) is 0 Å². The van der Waals surface area contributed by atoms with Gasteiger partial charge in [-0.15, -0.1) is 0 Å². The number of nitrogens with zero attached hydrogens (tertiary/aromatic N) is 3. The van der Waals surface area contributed by atoms with Gasteiger partial charge in [0.2, 0.25) is 5.91 Å². The van der Waals surface area contributed by atoms with Crippen molar-refractivity contribution in [1.82, 2.24) is 9.91 Å². The lowest BCUT2D eigenvalue weighted by Crippen LogP contribution is -2.43. The number of carbonyl (C=O) groups is 2. The van der Waals surface area contributed by atoms with Crippen LogP contribution in [0.5, 0.6) is 5.75 Å². The quantitative estimate of drug-likeness (QED) is 0.584. The fraction of sp³-hybridized carbons (Fsp3) is 0.400. The van der Waals surface area contributed by atoms with E-state index >= 15 is 0 Å². The second-order valence-corrected chi connectivity index (χ2v) is 8.28. The zero-order valence-electron chi connectivity index (χ0n) is 18.9. The minimum absolute atomic E-state index is 0.00322. The van der Waals surface area contributed by atoms with Crippen LogP contribution >= 0.6 is 0 Å². The summed E-state index contributed by atoms with van der Waals surface area (Å²) in [6.07, 6.45) is 2.17. The molecule has 174 valence electrons. The summed E-state index contributed by atoms with van der Waals surface area (Å²) in [7, 11) is 3.15. The van der Waals surface area contributed by atoms with Gasteiger partial charge >= 0.3 is 0 Å². The average molecular weight is 454 g/mol. The molecule has 8 heteroatoms. The number of halogens is 1. The number of ether oxygens (including phenoxy) is 2. The van der Waals surface area contributed by atoms with E-state index in [1.165, 1.54) is 17.1 Å². The lowest BCUT2D eigenvalue weighted by atomic mass is 9.97. The van der Waals surface area contributed by atoms with Crippen molar-refractivity contribution in [3.63, 3.8) is 0 Å². The number of rotatable bonds is 9. The van der Waals surface area contributed by atoms with Crippen LogP contribution in [-0.4, -0.2) is 61.4 Å². The number of methoxy groups -OCH3 is 2. The second-order valence-electron chi connectivity index (χ2n) is 8.28. The number of para-hydroxylation sites is 1. The summed E-state index contributed by atoms with van der Waals surface area (Å²) in [4.78, 5) is 27.8. The summed E-state index contributed by atoms with van der Waals surface area (Å²) in [5.74, 6) is 0.0147. The maximum Gasteiger partial charge on any atom is 0.262 e. The first-order valence-corrected chi connectivity index (χ1v) is 11.1. The Hall–Kier alpha value is -3.26. The van der Waals surface area contributed by atoms with Crippen LogP contribution in [0.1, 0.15) is 36.4 Å². The third-order valence-electron chi connectivity index (χ3n) is 5.97. The normalized spacial score (nSPS) is 17.6. The Morgan fingerprint density at radius 3 is 2.52 bits per heavy atom. The Morgan fingerprint density at radius 2 is 1.85 bits per heavy atom. The van der Waals surface area contributed by atoms with Crippen molar-refractivity contribution in [3.05, 3.63) is 65.5 Å². The number of carbonyl (C=O) groups excluding carboxylic acids is 2. The molecule has 0 bridgehead atoms. The SMILES string of the molecule is COCCN(CC(=O)N1N=C(c2ccc(F)cc2)CC1c1ccccc1OC)C(=O)C1CC1. The van der Waals surface area contributed by atoms with Crippen molar-refractivity contribution < 1.29 is 23.5 Å². The van der Waals surface area contributed by atoms with Gasteiger partial charge in [-0.3, -0.25) is 9.59 Å². The first-order valence-electron chi connectivity index (χ1n) is 11.1. The Bertz CT molecular complexity index is 1040. The summed E-state index contributed by atoms with van der Waals surface area (Å²) in [5, 5.41) is 6.07. The first kappa shape index (κ1) is 22.9. The van der Waals surface area contributed by atoms with Crippen LogP contribution < -0.4 is 4.74 Å². The number of hydrogen-bond acceptors (Lipinski definition) is 5. The lowest BCUT2D eigenvalue weighted by Gasteiger charge is -2.27. The van der Waals surface area contributed by atoms with E-state index in [0.717, 1.165) is 24.0 Å². The van der Waals surface area contributed by atoms with Gasteiger partial charge in [0, 0.05) is 31.6 Å². The standard InChI is InChI=1S/C25H28FN3O4/c1-32-14-13-28(25(31)18-7-8-18)16-24(30)29-22(20-5-3-4-6-23(20)33-2)15-21(27-29)17-9-11-19(26)12-10-17/h3-6,9-12,18,22H,7-8,13-16H2,1-2H3. The Kier molecular flexibility index (Phi) is 7.03. The highest BCUT2D eigenvalue weighted by atomic mass is 19.1. The Balaban J connectivity index is 1.63. The van der Waals surface area contributed by atoms with E-state index in [1.54, 1.807) is 31.3 Å². The molecular weight excluding hydrogens is 425 g/mol. The van der Waals surface area contributed by atoms with Gasteiger partial charge in [-0.2, -0.15) is 5.10 Å². The van der Waals surface area contributed by atoms with Crippen LogP contribution in [0, 0.1) is 11.7 Å². The zero-order chi connectivity index (χ0) is 23.4. The monoisotopic (exact) mass is 453 g/mol. The summed E-state index contributed by atoms with van der Waals surface area (Å²) in [5.41, 5.74) is 2.25. The molecule has 33 heavy (non-hydrogen) atoms. The molecule has 1 unspecified atom stereocenters. The van der Waals surface area contributed by atoms with Gasteiger partial charge in [-0.05, 0) is 36.6 Å². The van der Waals surface area contributed by atoms with Crippen LogP contribution in [0.15, 0.2) is 53.6 Å². The zero-order valence-corrected chi connectivity index (χ0v) is 18.9. The highest BCUT2D eigenvalue weighted by molar-refractivity contribution is 6.03. The highest BCUT2D eigenvalue weighted by Gasteiger charge is 2.38. The summed E-state index contributed by atoms with van der Waals surface area (Å²) in [6, 6.07) is 13.2. The Labute approximate surface area is 192 Å². The van der Waals surface area contributed by atoms with Crippen LogP contribution in [0.4, 0.5) is 4.39 Å². The van der Waals surface area contributed by atoms with Crippen LogP contribution in [0.2, 0.25) is 0 Å². The third kappa shape index (κ3) is 5.22. The van der Waals surface area contributed by atoms with E-state index in [2.05, 4.69) is 5.10 Å². The van der Waals surface area contributed by atoms with Gasteiger partial charge in [-0.25, -0.2) is 9.40 Å². The van der Waals surface area contributed by atoms with Gasteiger partial charge in [0.1, 0.15) is 18.1 Å². The second kappa shape index (κ2) is 10.1. The van der Waals surface area contributed by atoms with Gasteiger partial charge in [0.05, 0.1) is 25.5 Å². The highest BCUT2D eigenvalue weighted by Crippen LogP contribution is 2.38. The molecule has 1 atom stereocenters. The summed E-state index contributed by atoms with van der Waals surface area (Å²) < 4.78 is 24.1. The molecular formula is C25H28FN3O4. The van der Waals surface area contributed by atoms with E-state index < -0.39 is 6.04 Å². The van der Waals surface area contributed by atoms with Crippen molar-refractivity contribution in [2.75, 3.05) is 33.9 Å². The fourth-order valence-electron chi connectivity index (χ4n) is 4.03. The largest absolute Gasteiger partial charge is 0.496 e. The van der Waals surface area contributed by atoms with Gasteiger partial charge < -0.3 is 14.4 Å². The number of hydrazone groups is 1. The van der Waals surface area contributed by atoms with Gasteiger partial charge in [0.25, 0.3) is 5.91 Å². The van der Waals surface area contributed by atoms with E-state index in [1.807, 2.05) is 24.3 Å². The fourth-order valence-corrected chi connectivity index (χ4v) is 4.03. The molecule has 2 aliphatic rings. The van der Waals surface area contributed by atoms with E-state index in [4.69, 9.17) is 9.47 Å². The molecule has 0 saturated heterocycles. The number of amides is 2. The molecule has 0 spiro atoms. The van der Waals surface area contributed by atoms with Crippen molar-refractivity contribution in [3.8, 4) is 5.75 Å². The number of hydrogen-bond donors (Lipinski definition) is 0. The molecule has 0 radical (unpaired) electrons. The van der Waals surface area contributed by atoms with E-state index in [-0.39, 0.29) is 30.1 Å². The topological polar surface area (TPSA) is 71.4 Å². The smallest absolute Gasteiger partial charge is 0.262 e. The van der Waals surface area contributed by atoms with Crippen molar-refractivity contribution in [1.29, 1.82) is 0 Å². The van der Waals surface area contributed by atoms with Crippen LogP contribution in [-0.2, 0) is 14.3 Å². The Morgan fingerprint density at radius 1 is 1.12 bits per heavy atom. The van der Waals surface area contributed by atoms with E-state index in [0.29, 0.717) is 31.0 Å². The molecule has 0 aromatic heterocycles. The molecule has 1 saturated carbocycles.